The van der Waals surface area contributed by atoms with E-state index in [1.54, 1.807) is 18.0 Å². The van der Waals surface area contributed by atoms with Gasteiger partial charge in [0.05, 0.1) is 5.75 Å². The molecule has 0 fully saturated rings. The molecule has 108 valence electrons. The molecule has 0 unspecified atom stereocenters. The lowest BCUT2D eigenvalue weighted by Crippen LogP contribution is -2.36. The molecule has 8 nitrogen and oxygen atoms in total. The summed E-state index contributed by atoms with van der Waals surface area (Å²) in [5.74, 6) is 0.367. The fraction of sp³-hybridized carbons (Fsp3) is 0.500. The normalized spacial score (nSPS) is 10.7. The third-order valence-corrected chi connectivity index (χ3v) is 4.10. The number of anilines is 1. The average molecular weight is 316 g/mol. The summed E-state index contributed by atoms with van der Waals surface area (Å²) in [6.45, 7) is 2.96. The number of rotatable bonds is 7. The van der Waals surface area contributed by atoms with Gasteiger partial charge in [0.1, 0.15) is 11.6 Å². The molecule has 1 N–H and O–H groups in total. The van der Waals surface area contributed by atoms with E-state index in [0.717, 1.165) is 9.35 Å². The molecule has 0 saturated carbocycles. The molecule has 10 heteroatoms. The highest BCUT2D eigenvalue weighted by Crippen LogP contribution is 2.21. The molecule has 2 aromatic rings. The summed E-state index contributed by atoms with van der Waals surface area (Å²) < 4.78 is 12.2. The van der Waals surface area contributed by atoms with Gasteiger partial charge in [-0.05, 0) is 11.6 Å². The second-order valence-electron chi connectivity index (χ2n) is 3.75. The third kappa shape index (κ3) is 4.54. The molecule has 0 aliphatic carbocycles. The van der Waals surface area contributed by atoms with E-state index in [9.17, 15) is 4.79 Å². The Balaban J connectivity index is 1.77. The number of methoxy groups -OCH3 is 1. The number of nitrogens with zero attached hydrogens (tertiary/aromatic N) is 4. The number of hydrogen-bond acceptors (Lipinski definition) is 8. The number of thioether (sulfide) groups is 1. The highest BCUT2D eigenvalue weighted by Gasteiger charge is 2.14. The predicted molar refractivity (Wildman–Crippen MR) is 72.6 cm³/mol. The maximum atomic E-state index is 11.7. The van der Waals surface area contributed by atoms with Crippen LogP contribution < -0.4 is 10.00 Å². The van der Waals surface area contributed by atoms with Crippen LogP contribution >= 0.6 is 23.1 Å². The fourth-order valence-electron chi connectivity index (χ4n) is 1.26. The fourth-order valence-corrected chi connectivity index (χ4v) is 2.88. The van der Waals surface area contributed by atoms with Crippen molar-refractivity contribution in [3.63, 3.8) is 0 Å². The molecule has 2 aromatic heterocycles. The second kappa shape index (κ2) is 7.31. The van der Waals surface area contributed by atoms with Crippen molar-refractivity contribution >= 4 is 34.9 Å². The number of ether oxygens (including phenoxy) is 1. The topological polar surface area (TPSA) is 94.0 Å². The van der Waals surface area contributed by atoms with E-state index in [-0.39, 0.29) is 11.7 Å². The van der Waals surface area contributed by atoms with Crippen LogP contribution in [0.3, 0.4) is 0 Å². The van der Waals surface area contributed by atoms with Crippen molar-refractivity contribution in [1.29, 1.82) is 0 Å². The van der Waals surface area contributed by atoms with Gasteiger partial charge in [-0.2, -0.15) is 0 Å². The van der Waals surface area contributed by atoms with Crippen LogP contribution in [0.5, 0.6) is 0 Å². The summed E-state index contributed by atoms with van der Waals surface area (Å²) >= 11 is 2.79. The molecule has 0 bridgehead atoms. The largest absolute Gasteiger partial charge is 0.378 e. The van der Waals surface area contributed by atoms with Gasteiger partial charge in [0.15, 0.2) is 4.34 Å². The Hall–Kier alpha value is -1.52. The van der Waals surface area contributed by atoms with Crippen molar-refractivity contribution in [3.05, 3.63) is 11.2 Å². The van der Waals surface area contributed by atoms with Gasteiger partial charge in [-0.1, -0.05) is 23.1 Å². The molecule has 0 spiro atoms. The monoisotopic (exact) mass is 316 g/mol. The van der Waals surface area contributed by atoms with Crippen molar-refractivity contribution in [2.75, 3.05) is 24.8 Å². The Morgan fingerprint density at radius 2 is 2.45 bits per heavy atom. The van der Waals surface area contributed by atoms with Gasteiger partial charge < -0.3 is 4.74 Å². The number of aromatic nitrogens is 4. The first-order chi connectivity index (χ1) is 9.67. The van der Waals surface area contributed by atoms with E-state index in [0.29, 0.717) is 19.0 Å². The molecule has 2 rings (SSSR count). The molecule has 0 radical (unpaired) electrons. The second-order valence-corrected chi connectivity index (χ2v) is 6.15. The van der Waals surface area contributed by atoms with Gasteiger partial charge in [0, 0.05) is 7.11 Å². The molecule has 0 atom stereocenters. The number of hydrogen-bond donors (Lipinski definition) is 1. The van der Waals surface area contributed by atoms with Gasteiger partial charge >= 0.3 is 5.88 Å². The summed E-state index contributed by atoms with van der Waals surface area (Å²) in [4.78, 5) is 11.7. The number of carbonyl (C=O) groups excluding carboxylic acids is 1. The van der Waals surface area contributed by atoms with Crippen LogP contribution in [0.15, 0.2) is 15.1 Å². The maximum Gasteiger partial charge on any atom is 0.302 e. The van der Waals surface area contributed by atoms with Crippen molar-refractivity contribution in [3.8, 4) is 0 Å². The van der Waals surface area contributed by atoms with Crippen LogP contribution in [0.25, 0.3) is 0 Å². The highest BCUT2D eigenvalue weighted by atomic mass is 32.2. The van der Waals surface area contributed by atoms with Gasteiger partial charge in [-0.3, -0.25) is 14.6 Å². The lowest BCUT2D eigenvalue weighted by molar-refractivity contribution is -0.763. The first-order valence-corrected chi connectivity index (χ1v) is 7.55. The van der Waals surface area contributed by atoms with Crippen molar-refractivity contribution in [1.82, 2.24) is 15.5 Å². The Morgan fingerprint density at radius 3 is 3.15 bits per heavy atom. The summed E-state index contributed by atoms with van der Waals surface area (Å²) in [5.41, 5.74) is 0. The Kier molecular flexibility index (Phi) is 5.44. The van der Waals surface area contributed by atoms with Gasteiger partial charge in [-0.25, -0.2) is 0 Å². The molecule has 0 aliphatic rings. The SMILES string of the molecule is COCC[n+]1cc(NC(=O)CSc2nnc(C)s2)on1. The summed E-state index contributed by atoms with van der Waals surface area (Å²) in [6, 6.07) is 0. The zero-order valence-corrected chi connectivity index (χ0v) is 12.7. The standard InChI is InChI=1S/C10H13N5O3S2/c1-7-12-13-10(20-7)19-6-8(16)11-9-5-15(14-18-9)3-4-17-2/h5H,3-4,6H2,1-2H3/p+1. The molecule has 0 aliphatic heterocycles. The number of nitrogens with one attached hydrogen (secondary N) is 1. The van der Waals surface area contributed by atoms with Crippen molar-refractivity contribution in [2.45, 2.75) is 17.8 Å². The summed E-state index contributed by atoms with van der Waals surface area (Å²) in [7, 11) is 1.61. The maximum absolute atomic E-state index is 11.7. The number of carbonyl (C=O) groups is 1. The zero-order chi connectivity index (χ0) is 14.4. The summed E-state index contributed by atoms with van der Waals surface area (Å²) in [6.07, 6.45) is 1.61. The number of aryl methyl sites for hydroxylation is 1. The van der Waals surface area contributed by atoms with Gasteiger partial charge in [-0.15, -0.1) is 10.2 Å². The Bertz CT molecular complexity index is 571. The first-order valence-electron chi connectivity index (χ1n) is 5.75. The quantitative estimate of drug-likeness (QED) is 0.587. The van der Waals surface area contributed by atoms with Crippen LogP contribution in [-0.2, 0) is 16.1 Å². The molecular formula is C10H14N5O3S2+. The third-order valence-electron chi connectivity index (χ3n) is 2.13. The van der Waals surface area contributed by atoms with E-state index in [4.69, 9.17) is 9.26 Å². The average Bonchev–Trinajstić information content (AvgIpc) is 3.03. The van der Waals surface area contributed by atoms with Crippen LogP contribution in [-0.4, -0.2) is 40.8 Å². The molecular weight excluding hydrogens is 302 g/mol. The van der Waals surface area contributed by atoms with Crippen LogP contribution in [0.2, 0.25) is 0 Å². The zero-order valence-electron chi connectivity index (χ0n) is 11.0. The predicted octanol–water partition coefficient (Wildman–Crippen LogP) is 0.499. The molecule has 20 heavy (non-hydrogen) atoms. The Morgan fingerprint density at radius 1 is 1.60 bits per heavy atom. The van der Waals surface area contributed by atoms with Crippen LogP contribution in [0.4, 0.5) is 5.88 Å². The number of amides is 1. The summed E-state index contributed by atoms with van der Waals surface area (Å²) in [5, 5.41) is 15.1. The molecule has 2 heterocycles. The van der Waals surface area contributed by atoms with Crippen molar-refractivity contribution in [2.24, 2.45) is 0 Å². The Labute approximate surface area is 123 Å². The minimum atomic E-state index is -0.183. The highest BCUT2D eigenvalue weighted by molar-refractivity contribution is 8.01. The molecule has 1 amide bonds. The lowest BCUT2D eigenvalue weighted by Gasteiger charge is -1.96. The van der Waals surface area contributed by atoms with E-state index < -0.39 is 0 Å². The minimum absolute atomic E-state index is 0.183. The molecule has 0 aromatic carbocycles. The van der Waals surface area contributed by atoms with Gasteiger partial charge in [0.2, 0.25) is 17.7 Å². The van der Waals surface area contributed by atoms with E-state index in [1.165, 1.54) is 23.1 Å². The smallest absolute Gasteiger partial charge is 0.302 e. The lowest BCUT2D eigenvalue weighted by atomic mass is 10.6. The minimum Gasteiger partial charge on any atom is -0.378 e. The van der Waals surface area contributed by atoms with Crippen LogP contribution in [0, 0.1) is 6.92 Å². The molecule has 0 saturated heterocycles. The van der Waals surface area contributed by atoms with Crippen molar-refractivity contribution < 1.29 is 18.7 Å². The van der Waals surface area contributed by atoms with Gasteiger partial charge in [0.25, 0.3) is 6.20 Å². The van der Waals surface area contributed by atoms with E-state index >= 15 is 0 Å². The van der Waals surface area contributed by atoms with E-state index in [1.807, 2.05) is 6.92 Å². The van der Waals surface area contributed by atoms with E-state index in [2.05, 4.69) is 20.8 Å². The van der Waals surface area contributed by atoms with Crippen LogP contribution in [0.1, 0.15) is 5.01 Å². The first kappa shape index (κ1) is 14.9.